The first-order valence-corrected chi connectivity index (χ1v) is 5.32. The smallest absolute Gasteiger partial charge is 0.186 e. The Hall–Kier alpha value is -0.200. The van der Waals surface area contributed by atoms with Crippen molar-refractivity contribution in [3.05, 3.63) is 0 Å². The minimum Gasteiger partial charge on any atom is -0.388 e. The standard InChI is InChI=1S/C10H20O5/c1-4-6-7(11)8(12)9(13)10(15-6)14-5(2)3/h5-13H,4H2,1-3H3. The molecule has 5 nitrogen and oxygen atoms in total. The van der Waals surface area contributed by atoms with E-state index < -0.39 is 30.7 Å². The van der Waals surface area contributed by atoms with Gasteiger partial charge in [-0.05, 0) is 20.3 Å². The van der Waals surface area contributed by atoms with Crippen LogP contribution in [0, 0.1) is 0 Å². The van der Waals surface area contributed by atoms with Crippen molar-refractivity contribution < 1.29 is 24.8 Å². The summed E-state index contributed by atoms with van der Waals surface area (Å²) in [5, 5.41) is 28.8. The normalized spacial score (nSPS) is 42.2. The Balaban J connectivity index is 2.65. The van der Waals surface area contributed by atoms with E-state index in [4.69, 9.17) is 9.47 Å². The van der Waals surface area contributed by atoms with E-state index in [0.29, 0.717) is 6.42 Å². The average Bonchev–Trinajstić information content (AvgIpc) is 2.18. The van der Waals surface area contributed by atoms with Gasteiger partial charge in [-0.15, -0.1) is 0 Å². The molecule has 1 rings (SSSR count). The van der Waals surface area contributed by atoms with Crippen LogP contribution in [0.15, 0.2) is 0 Å². The Morgan fingerprint density at radius 2 is 1.73 bits per heavy atom. The van der Waals surface area contributed by atoms with E-state index in [1.54, 1.807) is 0 Å². The lowest BCUT2D eigenvalue weighted by Gasteiger charge is -2.40. The third-order valence-electron chi connectivity index (χ3n) is 2.48. The van der Waals surface area contributed by atoms with Crippen molar-refractivity contribution in [2.24, 2.45) is 0 Å². The lowest BCUT2D eigenvalue weighted by molar-refractivity contribution is -0.304. The fourth-order valence-electron chi connectivity index (χ4n) is 1.63. The number of hydrogen-bond acceptors (Lipinski definition) is 5. The van der Waals surface area contributed by atoms with E-state index in [2.05, 4.69) is 0 Å². The van der Waals surface area contributed by atoms with Crippen molar-refractivity contribution in [3.63, 3.8) is 0 Å². The Morgan fingerprint density at radius 3 is 2.20 bits per heavy atom. The lowest BCUT2D eigenvalue weighted by atomic mass is 9.97. The first-order chi connectivity index (χ1) is 6.97. The highest BCUT2D eigenvalue weighted by Gasteiger charge is 2.43. The zero-order chi connectivity index (χ0) is 11.6. The Labute approximate surface area is 89.6 Å². The van der Waals surface area contributed by atoms with E-state index in [1.165, 1.54) is 0 Å². The summed E-state index contributed by atoms with van der Waals surface area (Å²) in [7, 11) is 0. The van der Waals surface area contributed by atoms with Gasteiger partial charge in [0.25, 0.3) is 0 Å². The van der Waals surface area contributed by atoms with Crippen molar-refractivity contribution in [3.8, 4) is 0 Å². The molecule has 3 N–H and O–H groups in total. The van der Waals surface area contributed by atoms with Gasteiger partial charge in [0.1, 0.15) is 18.3 Å². The highest BCUT2D eigenvalue weighted by molar-refractivity contribution is 4.88. The van der Waals surface area contributed by atoms with Crippen molar-refractivity contribution in [2.45, 2.75) is 64.0 Å². The Kier molecular flexibility index (Phi) is 4.48. The van der Waals surface area contributed by atoms with E-state index >= 15 is 0 Å². The fraction of sp³-hybridized carbons (Fsp3) is 1.00. The van der Waals surface area contributed by atoms with Crippen molar-refractivity contribution in [1.29, 1.82) is 0 Å². The van der Waals surface area contributed by atoms with Crippen LogP contribution in [0.1, 0.15) is 27.2 Å². The molecule has 0 radical (unpaired) electrons. The predicted molar refractivity (Wildman–Crippen MR) is 53.2 cm³/mol. The van der Waals surface area contributed by atoms with Crippen LogP contribution in [0.4, 0.5) is 0 Å². The second-order valence-corrected chi connectivity index (χ2v) is 4.11. The molecule has 1 heterocycles. The highest BCUT2D eigenvalue weighted by Crippen LogP contribution is 2.24. The SMILES string of the molecule is CCC1OC(OC(C)C)C(O)C(O)C1O. The summed E-state index contributed by atoms with van der Waals surface area (Å²) in [6.07, 6.45) is -4.39. The van der Waals surface area contributed by atoms with Gasteiger partial charge in [0.05, 0.1) is 12.2 Å². The molecule has 90 valence electrons. The van der Waals surface area contributed by atoms with E-state index in [-0.39, 0.29) is 6.10 Å². The molecule has 5 atom stereocenters. The van der Waals surface area contributed by atoms with Crippen molar-refractivity contribution in [2.75, 3.05) is 0 Å². The summed E-state index contributed by atoms with van der Waals surface area (Å²) in [4.78, 5) is 0. The molecule has 1 fully saturated rings. The molecular weight excluding hydrogens is 200 g/mol. The summed E-state index contributed by atoms with van der Waals surface area (Å²) in [6.45, 7) is 5.47. The van der Waals surface area contributed by atoms with E-state index in [0.717, 1.165) is 0 Å². The largest absolute Gasteiger partial charge is 0.388 e. The summed E-state index contributed by atoms with van der Waals surface area (Å²) < 4.78 is 10.7. The number of hydrogen-bond donors (Lipinski definition) is 3. The van der Waals surface area contributed by atoms with Gasteiger partial charge in [-0.25, -0.2) is 0 Å². The second-order valence-electron chi connectivity index (χ2n) is 4.11. The van der Waals surface area contributed by atoms with Gasteiger partial charge in [-0.2, -0.15) is 0 Å². The van der Waals surface area contributed by atoms with Crippen LogP contribution in [0.5, 0.6) is 0 Å². The minimum atomic E-state index is -1.22. The van der Waals surface area contributed by atoms with Gasteiger partial charge in [0.15, 0.2) is 6.29 Å². The molecule has 15 heavy (non-hydrogen) atoms. The van der Waals surface area contributed by atoms with Crippen molar-refractivity contribution in [1.82, 2.24) is 0 Å². The summed E-state index contributed by atoms with van der Waals surface area (Å²) in [6, 6.07) is 0. The molecule has 0 spiro atoms. The van der Waals surface area contributed by atoms with Gasteiger partial charge < -0.3 is 24.8 Å². The molecule has 0 aromatic carbocycles. The minimum absolute atomic E-state index is 0.107. The first kappa shape index (κ1) is 12.9. The Morgan fingerprint density at radius 1 is 1.13 bits per heavy atom. The quantitative estimate of drug-likeness (QED) is 0.604. The third kappa shape index (κ3) is 2.89. The zero-order valence-electron chi connectivity index (χ0n) is 9.33. The predicted octanol–water partition coefficient (Wildman–Crippen LogP) is -0.371. The maximum atomic E-state index is 9.61. The monoisotopic (exact) mass is 220 g/mol. The van der Waals surface area contributed by atoms with Crippen molar-refractivity contribution >= 4 is 0 Å². The van der Waals surface area contributed by atoms with Crippen LogP contribution >= 0.6 is 0 Å². The zero-order valence-corrected chi connectivity index (χ0v) is 9.33. The molecule has 0 aromatic rings. The molecule has 1 saturated heterocycles. The summed E-state index contributed by atoms with van der Waals surface area (Å²) >= 11 is 0. The molecule has 0 saturated carbocycles. The maximum absolute atomic E-state index is 9.61. The molecule has 0 amide bonds. The number of ether oxygens (including phenoxy) is 2. The van der Waals surface area contributed by atoms with Gasteiger partial charge in [-0.3, -0.25) is 0 Å². The van der Waals surface area contributed by atoms with Crippen LogP contribution in [-0.2, 0) is 9.47 Å². The van der Waals surface area contributed by atoms with Gasteiger partial charge in [-0.1, -0.05) is 6.92 Å². The number of aliphatic hydroxyl groups is 3. The number of rotatable bonds is 3. The van der Waals surface area contributed by atoms with Crippen LogP contribution < -0.4 is 0 Å². The first-order valence-electron chi connectivity index (χ1n) is 5.32. The molecule has 5 unspecified atom stereocenters. The number of aliphatic hydroxyl groups excluding tert-OH is 3. The topological polar surface area (TPSA) is 79.2 Å². The third-order valence-corrected chi connectivity index (χ3v) is 2.48. The molecule has 0 aromatic heterocycles. The van der Waals surface area contributed by atoms with E-state index in [9.17, 15) is 15.3 Å². The second kappa shape index (κ2) is 5.23. The molecule has 0 aliphatic carbocycles. The molecule has 0 bridgehead atoms. The van der Waals surface area contributed by atoms with Crippen LogP contribution in [0.25, 0.3) is 0 Å². The van der Waals surface area contributed by atoms with Crippen LogP contribution in [0.3, 0.4) is 0 Å². The van der Waals surface area contributed by atoms with Gasteiger partial charge in [0.2, 0.25) is 0 Å². The molecule has 1 aliphatic rings. The lowest BCUT2D eigenvalue weighted by Crippen LogP contribution is -2.58. The maximum Gasteiger partial charge on any atom is 0.186 e. The highest BCUT2D eigenvalue weighted by atomic mass is 16.7. The molecule has 1 aliphatic heterocycles. The average molecular weight is 220 g/mol. The fourth-order valence-corrected chi connectivity index (χ4v) is 1.63. The van der Waals surface area contributed by atoms with Gasteiger partial charge in [0, 0.05) is 0 Å². The van der Waals surface area contributed by atoms with Crippen LogP contribution in [0.2, 0.25) is 0 Å². The van der Waals surface area contributed by atoms with Gasteiger partial charge >= 0.3 is 0 Å². The van der Waals surface area contributed by atoms with E-state index in [1.807, 2.05) is 20.8 Å². The summed E-state index contributed by atoms with van der Waals surface area (Å²) in [5.41, 5.74) is 0. The Bertz CT molecular complexity index is 194. The molecular formula is C10H20O5. The van der Waals surface area contributed by atoms with Crippen LogP contribution in [-0.4, -0.2) is 52.1 Å². The molecule has 5 heteroatoms. The summed E-state index contributed by atoms with van der Waals surface area (Å²) in [5.74, 6) is 0.